The van der Waals surface area contributed by atoms with Crippen molar-refractivity contribution >= 4 is 57.7 Å². The van der Waals surface area contributed by atoms with Gasteiger partial charge in [-0.2, -0.15) is 0 Å². The minimum Gasteiger partial charge on any atom is -0.463 e. The quantitative estimate of drug-likeness (QED) is 0.158. The van der Waals surface area contributed by atoms with Gasteiger partial charge in [-0.3, -0.25) is 33.6 Å². The summed E-state index contributed by atoms with van der Waals surface area (Å²) >= 11 is 3.23. The predicted octanol–water partition coefficient (Wildman–Crippen LogP) is 0.00100. The third kappa shape index (κ3) is 11.0. The first-order valence-corrected chi connectivity index (χ1v) is 14.1. The van der Waals surface area contributed by atoms with Gasteiger partial charge in [0.1, 0.15) is 31.5 Å². The number of ether oxygens (including phenoxy) is 10. The minimum absolute atomic E-state index is 0.460. The molecule has 10 atom stereocenters. The largest absolute Gasteiger partial charge is 0.463 e. The van der Waals surface area contributed by atoms with Gasteiger partial charge in [-0.1, -0.05) is 15.9 Å². The highest BCUT2D eigenvalue weighted by Crippen LogP contribution is 2.36. The SMILES string of the molecule is CC(=O)OC[C@H]1O[C@@H](O[C@H]2[C@H](OC(C)=O)[C@@H](OC(C)=O)C(Br)O[C@@H]2COC(C)=O)[C@H](OC(C)=O)[C@@H](OC(C)=O)[C@H]1OC(C)=O. The fourth-order valence-corrected chi connectivity index (χ4v) is 5.15. The van der Waals surface area contributed by atoms with Crippen molar-refractivity contribution in [3.63, 3.8) is 0 Å². The van der Waals surface area contributed by atoms with Crippen LogP contribution in [0.3, 0.4) is 0 Å². The minimum atomic E-state index is -1.73. The van der Waals surface area contributed by atoms with Crippen LogP contribution in [0.1, 0.15) is 48.5 Å². The van der Waals surface area contributed by atoms with Crippen molar-refractivity contribution in [2.45, 2.75) is 109 Å². The molecular formula is C26H35BrO17. The summed E-state index contributed by atoms with van der Waals surface area (Å²) in [5.74, 6) is -5.63. The average molecular weight is 699 g/mol. The van der Waals surface area contributed by atoms with Crippen molar-refractivity contribution in [3.05, 3.63) is 0 Å². The van der Waals surface area contributed by atoms with E-state index in [0.29, 0.717) is 0 Å². The summed E-state index contributed by atoms with van der Waals surface area (Å²) in [4.78, 5) is 83.8. The molecule has 2 aliphatic rings. The Kier molecular flexibility index (Phi) is 13.9. The van der Waals surface area contributed by atoms with Crippen LogP contribution in [0.4, 0.5) is 0 Å². The van der Waals surface area contributed by atoms with Gasteiger partial charge < -0.3 is 47.4 Å². The molecule has 2 saturated heterocycles. The van der Waals surface area contributed by atoms with Crippen molar-refractivity contribution in [1.82, 2.24) is 0 Å². The number of carbonyl (C=O) groups excluding carboxylic acids is 7. The summed E-state index contributed by atoms with van der Waals surface area (Å²) in [6.45, 7) is 6.57. The molecule has 0 bridgehead atoms. The summed E-state index contributed by atoms with van der Waals surface area (Å²) in [5, 5.41) is -1.09. The Bertz CT molecular complexity index is 1090. The number of esters is 7. The maximum absolute atomic E-state index is 12.2. The van der Waals surface area contributed by atoms with Crippen LogP contribution >= 0.6 is 15.9 Å². The predicted molar refractivity (Wildman–Crippen MR) is 142 cm³/mol. The second kappa shape index (κ2) is 16.6. The lowest BCUT2D eigenvalue weighted by Gasteiger charge is -2.48. The van der Waals surface area contributed by atoms with Crippen LogP contribution in [-0.2, 0) is 80.9 Å². The highest BCUT2D eigenvalue weighted by molar-refractivity contribution is 9.09. The average Bonchev–Trinajstić information content (AvgIpc) is 2.87. The molecule has 44 heavy (non-hydrogen) atoms. The van der Waals surface area contributed by atoms with E-state index in [0.717, 1.165) is 48.5 Å². The lowest BCUT2D eigenvalue weighted by Crippen LogP contribution is -2.66. The van der Waals surface area contributed by atoms with Crippen LogP contribution < -0.4 is 0 Å². The molecular weight excluding hydrogens is 664 g/mol. The molecule has 0 aromatic rings. The molecule has 248 valence electrons. The molecule has 2 fully saturated rings. The van der Waals surface area contributed by atoms with Crippen molar-refractivity contribution in [2.75, 3.05) is 13.2 Å². The van der Waals surface area contributed by atoms with Crippen LogP contribution in [0.2, 0.25) is 0 Å². The zero-order chi connectivity index (χ0) is 33.3. The van der Waals surface area contributed by atoms with Gasteiger partial charge in [0.2, 0.25) is 0 Å². The second-order valence-electron chi connectivity index (χ2n) is 9.64. The molecule has 2 aliphatic heterocycles. The number of alkyl halides is 1. The highest BCUT2D eigenvalue weighted by Gasteiger charge is 2.57. The molecule has 0 amide bonds. The molecule has 2 heterocycles. The second-order valence-corrected chi connectivity index (χ2v) is 10.5. The van der Waals surface area contributed by atoms with E-state index in [-0.39, 0.29) is 0 Å². The molecule has 0 aromatic heterocycles. The number of rotatable bonds is 11. The molecule has 0 N–H and O–H groups in total. The molecule has 1 unspecified atom stereocenters. The number of halogens is 1. The van der Waals surface area contributed by atoms with Gasteiger partial charge in [0.25, 0.3) is 0 Å². The zero-order valence-corrected chi connectivity index (χ0v) is 26.6. The van der Waals surface area contributed by atoms with Gasteiger partial charge in [0, 0.05) is 48.5 Å². The Labute approximate surface area is 260 Å². The summed E-state index contributed by atoms with van der Waals surface area (Å²) in [6.07, 6.45) is -13.2. The Balaban J connectivity index is 2.66. The topological polar surface area (TPSA) is 212 Å². The fraction of sp³-hybridized carbons (Fsp3) is 0.731. The standard InChI is InChI=1S/C26H35BrO17/c1-10(28)35-8-17-20(21(38-13(4)31)23(25(27)42-17)40-15(6)33)44-26-24(41-16(7)34)22(39-14(5)32)19(37-12(3)30)18(43-26)9-36-11(2)29/h17-26H,8-9H2,1-7H3/t17-,18-,19+,20-,21+,22+,23-,24-,25?,26+/m1/s1. The Morgan fingerprint density at radius 1 is 0.477 bits per heavy atom. The molecule has 0 aliphatic carbocycles. The van der Waals surface area contributed by atoms with Crippen LogP contribution in [0.15, 0.2) is 0 Å². The third-order valence-corrected chi connectivity index (χ3v) is 6.61. The molecule has 0 saturated carbocycles. The molecule has 18 heteroatoms. The number of hydrogen-bond donors (Lipinski definition) is 0. The van der Waals surface area contributed by atoms with Crippen molar-refractivity contribution < 1.29 is 80.9 Å². The van der Waals surface area contributed by atoms with Crippen LogP contribution in [0, 0.1) is 0 Å². The first kappa shape index (κ1) is 36.8. The van der Waals surface area contributed by atoms with Crippen LogP contribution in [-0.4, -0.2) is 115 Å². The third-order valence-electron chi connectivity index (χ3n) is 5.87. The van der Waals surface area contributed by atoms with Gasteiger partial charge >= 0.3 is 41.8 Å². The van der Waals surface area contributed by atoms with Crippen molar-refractivity contribution in [3.8, 4) is 0 Å². The lowest BCUT2D eigenvalue weighted by molar-refractivity contribution is -0.341. The Morgan fingerprint density at radius 2 is 0.841 bits per heavy atom. The first-order chi connectivity index (χ1) is 20.5. The van der Waals surface area contributed by atoms with E-state index in [4.69, 9.17) is 47.4 Å². The summed E-state index contributed by atoms with van der Waals surface area (Å²) < 4.78 is 55.2. The van der Waals surface area contributed by atoms with Gasteiger partial charge in [-0.15, -0.1) is 0 Å². The maximum Gasteiger partial charge on any atom is 0.303 e. The molecule has 17 nitrogen and oxygen atoms in total. The van der Waals surface area contributed by atoms with Gasteiger partial charge in [-0.05, 0) is 0 Å². The molecule has 2 rings (SSSR count). The molecule has 0 aromatic carbocycles. The summed E-state index contributed by atoms with van der Waals surface area (Å²) in [5.41, 5.74) is 0. The number of carbonyl (C=O) groups is 7. The lowest BCUT2D eigenvalue weighted by atomic mass is 9.96. The van der Waals surface area contributed by atoms with Crippen molar-refractivity contribution in [2.24, 2.45) is 0 Å². The van der Waals surface area contributed by atoms with E-state index < -0.39 is 115 Å². The van der Waals surface area contributed by atoms with Crippen LogP contribution in [0.25, 0.3) is 0 Å². The van der Waals surface area contributed by atoms with E-state index >= 15 is 0 Å². The Hall–Kier alpha value is -3.35. The number of hydrogen-bond acceptors (Lipinski definition) is 17. The van der Waals surface area contributed by atoms with Gasteiger partial charge in [0.05, 0.1) is 0 Å². The Morgan fingerprint density at radius 3 is 1.27 bits per heavy atom. The van der Waals surface area contributed by atoms with Crippen molar-refractivity contribution in [1.29, 1.82) is 0 Å². The van der Waals surface area contributed by atoms with E-state index in [9.17, 15) is 33.6 Å². The summed E-state index contributed by atoms with van der Waals surface area (Å²) in [6, 6.07) is 0. The summed E-state index contributed by atoms with van der Waals surface area (Å²) in [7, 11) is 0. The maximum atomic E-state index is 12.2. The smallest absolute Gasteiger partial charge is 0.303 e. The van der Waals surface area contributed by atoms with E-state index in [1.165, 1.54) is 0 Å². The highest BCUT2D eigenvalue weighted by atomic mass is 79.9. The van der Waals surface area contributed by atoms with Gasteiger partial charge in [-0.25, -0.2) is 0 Å². The first-order valence-electron chi connectivity index (χ1n) is 13.2. The van der Waals surface area contributed by atoms with E-state index in [2.05, 4.69) is 15.9 Å². The zero-order valence-electron chi connectivity index (χ0n) is 25.0. The fourth-order valence-electron chi connectivity index (χ4n) is 4.46. The van der Waals surface area contributed by atoms with E-state index in [1.54, 1.807) is 0 Å². The normalized spacial score (nSPS) is 31.5. The van der Waals surface area contributed by atoms with Gasteiger partial charge in [0.15, 0.2) is 41.8 Å². The van der Waals surface area contributed by atoms with Crippen LogP contribution in [0.5, 0.6) is 0 Å². The molecule has 0 radical (unpaired) electrons. The monoisotopic (exact) mass is 698 g/mol. The molecule has 0 spiro atoms. The van der Waals surface area contributed by atoms with E-state index in [1.807, 2.05) is 0 Å².